The van der Waals surface area contributed by atoms with Crippen LogP contribution in [-0.4, -0.2) is 44.6 Å². The van der Waals surface area contributed by atoms with Gasteiger partial charge in [0, 0.05) is 47.0 Å². The van der Waals surface area contributed by atoms with Crippen molar-refractivity contribution >= 4 is 80.4 Å². The molecule has 0 aromatic heterocycles. The molecular formula is C48H49N2O9S3+. The second-order valence-electron chi connectivity index (χ2n) is 17.6. The number of hydrogen-bond acceptors (Lipinski definition) is 7. The third-order valence-corrected chi connectivity index (χ3v) is 15.2. The van der Waals surface area contributed by atoms with Crippen molar-refractivity contribution < 1.29 is 38.9 Å². The van der Waals surface area contributed by atoms with Gasteiger partial charge in [-0.05, 0) is 135 Å². The highest BCUT2D eigenvalue weighted by atomic mass is 32.2. The van der Waals surface area contributed by atoms with Crippen LogP contribution in [0.2, 0.25) is 0 Å². The SMILES string of the molecule is Cc1ccc2c3c(cc(C)c2c1)[N+](c1cccc(S(=O)(=O)O)c1)=C(CCCCC=C1N(c2cccc(S(=O)(=O)O)c2)c2cc(C)c4cc(S(=O)(=O)O)ccc4c2C1(C)C)C3(C)C. The van der Waals surface area contributed by atoms with Crippen molar-refractivity contribution in [3.8, 4) is 0 Å². The van der Waals surface area contributed by atoms with Gasteiger partial charge in [0.2, 0.25) is 11.4 Å². The van der Waals surface area contributed by atoms with E-state index in [0.29, 0.717) is 29.6 Å². The molecule has 0 unspecified atom stereocenters. The van der Waals surface area contributed by atoms with Crippen LogP contribution < -0.4 is 9.48 Å². The molecule has 0 amide bonds. The number of fused-ring (bicyclic) bond motifs is 6. The third-order valence-electron chi connectivity index (χ3n) is 12.6. The number of rotatable bonds is 10. The summed E-state index contributed by atoms with van der Waals surface area (Å²) >= 11 is 0. The molecule has 0 radical (unpaired) electrons. The number of aryl methyl sites for hydroxylation is 3. The predicted octanol–water partition coefficient (Wildman–Crippen LogP) is 10.8. The topological polar surface area (TPSA) is 169 Å². The summed E-state index contributed by atoms with van der Waals surface area (Å²) in [5.41, 5.74) is 8.75. The molecule has 6 aromatic rings. The van der Waals surface area contributed by atoms with Crippen LogP contribution in [0.25, 0.3) is 21.5 Å². The molecule has 0 atom stereocenters. The fourth-order valence-corrected chi connectivity index (χ4v) is 11.3. The summed E-state index contributed by atoms with van der Waals surface area (Å²) < 4.78 is 106. The summed E-state index contributed by atoms with van der Waals surface area (Å²) in [5, 5.41) is 3.73. The van der Waals surface area contributed by atoms with E-state index in [2.05, 4.69) is 76.5 Å². The average Bonchev–Trinajstić information content (AvgIpc) is 3.54. The summed E-state index contributed by atoms with van der Waals surface area (Å²) in [4.78, 5) is 1.34. The van der Waals surface area contributed by atoms with Crippen molar-refractivity contribution in [1.82, 2.24) is 4.58 Å². The Balaban J connectivity index is 1.20. The van der Waals surface area contributed by atoms with Crippen LogP contribution in [0, 0.1) is 20.8 Å². The van der Waals surface area contributed by atoms with Crippen molar-refractivity contribution in [3.63, 3.8) is 0 Å². The summed E-state index contributed by atoms with van der Waals surface area (Å²) in [7, 11) is -13.5. The lowest BCUT2D eigenvalue weighted by Gasteiger charge is -2.28. The van der Waals surface area contributed by atoms with E-state index in [0.717, 1.165) is 79.6 Å². The first-order chi connectivity index (χ1) is 28.9. The van der Waals surface area contributed by atoms with Gasteiger partial charge in [-0.15, -0.1) is 0 Å². The maximum atomic E-state index is 12.3. The summed E-state index contributed by atoms with van der Waals surface area (Å²) in [6.07, 6.45) is 4.95. The number of allylic oxidation sites excluding steroid dienone is 2. The van der Waals surface area contributed by atoms with Crippen molar-refractivity contribution in [1.29, 1.82) is 0 Å². The van der Waals surface area contributed by atoms with Crippen LogP contribution >= 0.6 is 0 Å². The Morgan fingerprint density at radius 1 is 0.597 bits per heavy atom. The van der Waals surface area contributed by atoms with Gasteiger partial charge >= 0.3 is 0 Å². The molecule has 62 heavy (non-hydrogen) atoms. The van der Waals surface area contributed by atoms with Gasteiger partial charge in [-0.3, -0.25) is 13.7 Å². The van der Waals surface area contributed by atoms with Gasteiger partial charge < -0.3 is 4.90 Å². The summed E-state index contributed by atoms with van der Waals surface area (Å²) in [6.45, 7) is 14.5. The van der Waals surface area contributed by atoms with Crippen LogP contribution in [0.4, 0.5) is 22.7 Å². The lowest BCUT2D eigenvalue weighted by Crippen LogP contribution is -2.29. The molecule has 0 fully saturated rings. The quantitative estimate of drug-likeness (QED) is 0.0683. The fraction of sp³-hybridized carbons (Fsp3) is 0.271. The van der Waals surface area contributed by atoms with E-state index in [1.165, 1.54) is 36.4 Å². The largest absolute Gasteiger partial charge is 0.313 e. The molecule has 2 heterocycles. The molecule has 11 nitrogen and oxygen atoms in total. The Labute approximate surface area is 363 Å². The van der Waals surface area contributed by atoms with E-state index < -0.39 is 41.2 Å². The molecular weight excluding hydrogens is 845 g/mol. The maximum Gasteiger partial charge on any atom is 0.294 e. The number of nitrogens with zero attached hydrogens (tertiary/aromatic N) is 2. The molecule has 0 saturated heterocycles. The molecule has 8 rings (SSSR count). The standard InChI is InChI=1S/C48H48N2O9S3/c1-29-19-21-37-39(23-29)30(2)24-41-45(37)47(4,5)43(49(41)32-13-11-15-34(26-32)60(51,52)53)17-9-8-10-18-44-48(6,7)46-38-22-20-36(62(57,58)59)28-40(38)31(3)25-42(46)50(44)33-14-12-16-35(27-33)61(54,55)56/h11-16,18-28H,8-10,17H2,1-7H3,(H2-,51,52,53,54,55,56,57,58,59)/p+1. The van der Waals surface area contributed by atoms with Crippen molar-refractivity contribution in [2.45, 2.75) is 99.7 Å². The van der Waals surface area contributed by atoms with Crippen molar-refractivity contribution in [3.05, 3.63) is 137 Å². The molecule has 322 valence electrons. The lowest BCUT2D eigenvalue weighted by molar-refractivity contribution is 0.481. The maximum absolute atomic E-state index is 12.3. The Kier molecular flexibility index (Phi) is 10.5. The zero-order valence-electron chi connectivity index (χ0n) is 35.6. The average molecular weight is 894 g/mol. The van der Waals surface area contributed by atoms with E-state index in [1.54, 1.807) is 24.3 Å². The molecule has 14 heteroatoms. The Morgan fingerprint density at radius 2 is 1.18 bits per heavy atom. The molecule has 3 N–H and O–H groups in total. The monoisotopic (exact) mass is 893 g/mol. The highest BCUT2D eigenvalue weighted by Crippen LogP contribution is 2.55. The minimum Gasteiger partial charge on any atom is -0.313 e. The molecule has 0 bridgehead atoms. The van der Waals surface area contributed by atoms with Gasteiger partial charge in [-0.2, -0.15) is 29.8 Å². The minimum atomic E-state index is -4.53. The van der Waals surface area contributed by atoms with Gasteiger partial charge in [-0.1, -0.05) is 61.9 Å². The van der Waals surface area contributed by atoms with Crippen molar-refractivity contribution in [2.75, 3.05) is 4.90 Å². The number of hydrogen-bond donors (Lipinski definition) is 3. The van der Waals surface area contributed by atoms with Crippen LogP contribution in [0.1, 0.15) is 81.2 Å². The Hall–Kier alpha value is -5.22. The van der Waals surface area contributed by atoms with Crippen LogP contribution in [0.5, 0.6) is 0 Å². The fourth-order valence-electron chi connectivity index (χ4n) is 9.77. The highest BCUT2D eigenvalue weighted by molar-refractivity contribution is 7.86. The van der Waals surface area contributed by atoms with E-state index in [9.17, 15) is 38.9 Å². The molecule has 2 aliphatic rings. The second kappa shape index (κ2) is 15.0. The van der Waals surface area contributed by atoms with Crippen LogP contribution in [0.3, 0.4) is 0 Å². The summed E-state index contributed by atoms with van der Waals surface area (Å²) in [5.74, 6) is 0. The molecule has 2 aliphatic heterocycles. The first-order valence-electron chi connectivity index (χ1n) is 20.3. The second-order valence-corrected chi connectivity index (χ2v) is 21.8. The van der Waals surface area contributed by atoms with Gasteiger partial charge in [0.15, 0.2) is 5.71 Å². The first kappa shape index (κ1) is 43.4. The highest BCUT2D eigenvalue weighted by Gasteiger charge is 2.48. The minimum absolute atomic E-state index is 0.186. The van der Waals surface area contributed by atoms with Crippen LogP contribution in [0.15, 0.2) is 124 Å². The van der Waals surface area contributed by atoms with Gasteiger partial charge in [-0.25, -0.2) is 0 Å². The third kappa shape index (κ3) is 7.35. The van der Waals surface area contributed by atoms with E-state index in [1.807, 2.05) is 24.0 Å². The Bertz CT molecular complexity index is 3310. The van der Waals surface area contributed by atoms with E-state index in [-0.39, 0.29) is 14.7 Å². The van der Waals surface area contributed by atoms with Crippen molar-refractivity contribution in [2.24, 2.45) is 0 Å². The number of benzene rings is 6. The molecule has 6 aromatic carbocycles. The van der Waals surface area contributed by atoms with E-state index in [4.69, 9.17) is 0 Å². The lowest BCUT2D eigenvalue weighted by atomic mass is 9.77. The number of unbranched alkanes of at least 4 members (excludes halogenated alkanes) is 2. The molecule has 0 spiro atoms. The van der Waals surface area contributed by atoms with Gasteiger partial charge in [0.05, 0.1) is 20.9 Å². The normalized spacial score (nSPS) is 16.7. The van der Waals surface area contributed by atoms with Gasteiger partial charge in [0.25, 0.3) is 30.4 Å². The number of anilines is 2. The Morgan fingerprint density at radius 3 is 1.85 bits per heavy atom. The predicted molar refractivity (Wildman–Crippen MR) is 246 cm³/mol. The molecule has 0 aliphatic carbocycles. The van der Waals surface area contributed by atoms with E-state index >= 15 is 0 Å². The molecule has 0 saturated carbocycles. The summed E-state index contributed by atoms with van der Waals surface area (Å²) in [6, 6.07) is 27.6. The zero-order valence-corrected chi connectivity index (χ0v) is 38.0. The van der Waals surface area contributed by atoms with Gasteiger partial charge in [0.1, 0.15) is 4.90 Å². The van der Waals surface area contributed by atoms with Crippen LogP contribution in [-0.2, 0) is 41.2 Å². The first-order valence-corrected chi connectivity index (χ1v) is 24.6. The zero-order chi connectivity index (χ0) is 44.9. The smallest absolute Gasteiger partial charge is 0.294 e.